The molecular weight excluding hydrogens is 192 g/mol. The molecule has 0 aromatic carbocycles. The van der Waals surface area contributed by atoms with Gasteiger partial charge in [-0.3, -0.25) is 4.79 Å². The molecule has 1 heterocycles. The molecule has 0 unspecified atom stereocenters. The number of allylic oxidation sites excluding steroid dienone is 1. The van der Waals surface area contributed by atoms with Crippen LogP contribution in [0.5, 0.6) is 0 Å². The zero-order valence-corrected chi connectivity index (χ0v) is 9.32. The summed E-state index contributed by atoms with van der Waals surface area (Å²) in [6.07, 6.45) is 2.19. The third-order valence-electron chi connectivity index (χ3n) is 4.45. The molecule has 2 fully saturated rings. The van der Waals surface area contributed by atoms with Gasteiger partial charge in [-0.25, -0.2) is 0 Å². The Kier molecular flexibility index (Phi) is 1.73. The largest absolute Gasteiger partial charge is 0.347 e. The van der Waals surface area contributed by atoms with Crippen LogP contribution in [-0.2, 0) is 14.3 Å². The quantitative estimate of drug-likeness (QED) is 0.611. The fraction of sp³-hybridized carbons (Fsp3) is 0.750. The molecule has 0 aromatic rings. The molecule has 0 radical (unpaired) electrons. The van der Waals surface area contributed by atoms with E-state index in [1.54, 1.807) is 7.11 Å². The van der Waals surface area contributed by atoms with Crippen molar-refractivity contribution in [1.82, 2.24) is 0 Å². The molecule has 0 spiro atoms. The van der Waals surface area contributed by atoms with Gasteiger partial charge >= 0.3 is 0 Å². The molecule has 4 bridgehead atoms. The summed E-state index contributed by atoms with van der Waals surface area (Å²) in [5, 5.41) is 0. The summed E-state index contributed by atoms with van der Waals surface area (Å²) in [5.74, 6) is 0.199. The van der Waals surface area contributed by atoms with Crippen molar-refractivity contribution in [3.8, 4) is 0 Å². The van der Waals surface area contributed by atoms with E-state index in [2.05, 4.69) is 13.0 Å². The fourth-order valence-electron chi connectivity index (χ4n) is 3.66. The van der Waals surface area contributed by atoms with Gasteiger partial charge in [-0.15, -0.1) is 0 Å². The predicted molar refractivity (Wildman–Crippen MR) is 54.1 cm³/mol. The third-order valence-corrected chi connectivity index (χ3v) is 4.45. The molecule has 0 N–H and O–H groups in total. The average molecular weight is 208 g/mol. The lowest BCUT2D eigenvalue weighted by Crippen LogP contribution is -2.58. The van der Waals surface area contributed by atoms with Gasteiger partial charge in [0, 0.05) is 18.9 Å². The minimum atomic E-state index is -0.943. The molecule has 82 valence electrons. The first-order valence-corrected chi connectivity index (χ1v) is 5.53. The highest BCUT2D eigenvalue weighted by Crippen LogP contribution is 2.56. The lowest BCUT2D eigenvalue weighted by atomic mass is 9.58. The highest BCUT2D eigenvalue weighted by Gasteiger charge is 2.66. The van der Waals surface area contributed by atoms with Crippen LogP contribution in [0.3, 0.4) is 0 Å². The average Bonchev–Trinajstić information content (AvgIpc) is 2.53. The SMILES string of the molecule is CO[C@]12OC[C@@H]3[C@@H](C)[C@@H](C1=O)C(C)=C[C@H]32. The van der Waals surface area contributed by atoms with Crippen LogP contribution in [0.15, 0.2) is 11.6 Å². The summed E-state index contributed by atoms with van der Waals surface area (Å²) in [6, 6.07) is 0. The Labute approximate surface area is 89.4 Å². The Morgan fingerprint density at radius 2 is 2.33 bits per heavy atom. The van der Waals surface area contributed by atoms with Crippen molar-refractivity contribution in [1.29, 1.82) is 0 Å². The van der Waals surface area contributed by atoms with Gasteiger partial charge in [0.25, 0.3) is 0 Å². The van der Waals surface area contributed by atoms with Gasteiger partial charge in [-0.1, -0.05) is 18.6 Å². The van der Waals surface area contributed by atoms with E-state index in [9.17, 15) is 4.79 Å². The van der Waals surface area contributed by atoms with Gasteiger partial charge in [0.05, 0.1) is 6.61 Å². The Hall–Kier alpha value is -0.670. The first kappa shape index (κ1) is 9.55. The maximum Gasteiger partial charge on any atom is 0.236 e. The van der Waals surface area contributed by atoms with Crippen molar-refractivity contribution in [2.24, 2.45) is 23.7 Å². The Bertz CT molecular complexity index is 360. The number of rotatable bonds is 1. The van der Waals surface area contributed by atoms with Gasteiger partial charge in [0.1, 0.15) is 0 Å². The van der Waals surface area contributed by atoms with Crippen molar-refractivity contribution in [2.45, 2.75) is 19.6 Å². The van der Waals surface area contributed by atoms with Crippen LogP contribution < -0.4 is 0 Å². The summed E-state index contributed by atoms with van der Waals surface area (Å²) in [6.45, 7) is 4.86. The molecule has 4 rings (SSSR count). The van der Waals surface area contributed by atoms with E-state index in [1.165, 1.54) is 5.57 Å². The van der Waals surface area contributed by atoms with Crippen molar-refractivity contribution >= 4 is 5.78 Å². The number of ketones is 1. The number of methoxy groups -OCH3 is 1. The van der Waals surface area contributed by atoms with Crippen LogP contribution in [0.2, 0.25) is 0 Å². The smallest absolute Gasteiger partial charge is 0.236 e. The number of carbonyl (C=O) groups excluding carboxylic acids is 1. The van der Waals surface area contributed by atoms with Crippen LogP contribution >= 0.6 is 0 Å². The molecule has 0 amide bonds. The monoisotopic (exact) mass is 208 g/mol. The third kappa shape index (κ3) is 0.871. The molecule has 4 aliphatic rings. The van der Waals surface area contributed by atoms with Crippen molar-refractivity contribution in [2.75, 3.05) is 13.7 Å². The van der Waals surface area contributed by atoms with Gasteiger partial charge in [0.2, 0.25) is 5.79 Å². The first-order chi connectivity index (χ1) is 7.12. The van der Waals surface area contributed by atoms with Gasteiger partial charge in [0.15, 0.2) is 5.78 Å². The van der Waals surface area contributed by atoms with Gasteiger partial charge in [-0.05, 0) is 18.8 Å². The minimum absolute atomic E-state index is 0.0162. The number of ether oxygens (including phenoxy) is 2. The zero-order valence-electron chi connectivity index (χ0n) is 9.32. The Balaban J connectivity index is 2.17. The van der Waals surface area contributed by atoms with Crippen LogP contribution in [0.25, 0.3) is 0 Å². The number of hydrogen-bond donors (Lipinski definition) is 0. The fourth-order valence-corrected chi connectivity index (χ4v) is 3.66. The minimum Gasteiger partial charge on any atom is -0.347 e. The molecular formula is C12H16O3. The highest BCUT2D eigenvalue weighted by atomic mass is 16.7. The van der Waals surface area contributed by atoms with E-state index in [0.29, 0.717) is 18.4 Å². The number of hydrogen-bond acceptors (Lipinski definition) is 3. The highest BCUT2D eigenvalue weighted by molar-refractivity contribution is 5.94. The Morgan fingerprint density at radius 1 is 1.60 bits per heavy atom. The molecule has 3 aliphatic carbocycles. The van der Waals surface area contributed by atoms with E-state index in [0.717, 1.165) is 0 Å². The summed E-state index contributed by atoms with van der Waals surface area (Å²) in [4.78, 5) is 12.3. The maximum atomic E-state index is 12.3. The first-order valence-electron chi connectivity index (χ1n) is 5.53. The topological polar surface area (TPSA) is 35.5 Å². The van der Waals surface area contributed by atoms with E-state index < -0.39 is 5.79 Å². The van der Waals surface area contributed by atoms with E-state index in [-0.39, 0.29) is 17.6 Å². The summed E-state index contributed by atoms with van der Waals surface area (Å²) < 4.78 is 11.1. The summed E-state index contributed by atoms with van der Waals surface area (Å²) >= 11 is 0. The molecule has 1 aliphatic heterocycles. The standard InChI is InChI=1S/C12H16O3/c1-6-4-9-8-5-15-12(9,14-3)11(13)10(6)7(8)2/h4,7-10H,5H2,1-3H3/t7-,8-,9-,10+,12-/m1/s1. The van der Waals surface area contributed by atoms with E-state index >= 15 is 0 Å². The normalized spacial score (nSPS) is 52.2. The Morgan fingerprint density at radius 3 is 3.00 bits per heavy atom. The summed E-state index contributed by atoms with van der Waals surface area (Å²) in [5.41, 5.74) is 1.20. The number of Topliss-reactive ketones (excluding diaryl/α,β-unsaturated/α-hetero) is 1. The van der Waals surface area contributed by atoms with Crippen LogP contribution in [0.4, 0.5) is 0 Å². The molecule has 3 nitrogen and oxygen atoms in total. The maximum absolute atomic E-state index is 12.3. The lowest BCUT2D eigenvalue weighted by molar-refractivity contribution is -0.217. The summed E-state index contributed by atoms with van der Waals surface area (Å²) in [7, 11) is 1.58. The molecule has 3 heteroatoms. The molecule has 15 heavy (non-hydrogen) atoms. The van der Waals surface area contributed by atoms with E-state index in [4.69, 9.17) is 9.47 Å². The van der Waals surface area contributed by atoms with Crippen molar-refractivity contribution < 1.29 is 14.3 Å². The van der Waals surface area contributed by atoms with Crippen LogP contribution in [-0.4, -0.2) is 25.3 Å². The molecule has 1 saturated carbocycles. The zero-order chi connectivity index (χ0) is 10.8. The van der Waals surface area contributed by atoms with Crippen LogP contribution in [0.1, 0.15) is 13.8 Å². The molecule has 0 aromatic heterocycles. The van der Waals surface area contributed by atoms with Gasteiger partial charge < -0.3 is 9.47 Å². The van der Waals surface area contributed by atoms with Crippen molar-refractivity contribution in [3.05, 3.63) is 11.6 Å². The second kappa shape index (κ2) is 2.71. The second-order valence-electron chi connectivity index (χ2n) is 4.98. The molecule has 5 atom stereocenters. The van der Waals surface area contributed by atoms with Crippen LogP contribution in [0, 0.1) is 23.7 Å². The molecule has 1 saturated heterocycles. The van der Waals surface area contributed by atoms with Gasteiger partial charge in [-0.2, -0.15) is 0 Å². The van der Waals surface area contributed by atoms with E-state index in [1.807, 2.05) is 6.92 Å². The predicted octanol–water partition coefficient (Wildman–Crippen LogP) is 1.39. The number of carbonyl (C=O) groups is 1. The lowest BCUT2D eigenvalue weighted by Gasteiger charge is -2.47. The second-order valence-corrected chi connectivity index (χ2v) is 4.98. The van der Waals surface area contributed by atoms with Crippen molar-refractivity contribution in [3.63, 3.8) is 0 Å².